The summed E-state index contributed by atoms with van der Waals surface area (Å²) in [5.74, 6) is 3.20. The lowest BCUT2D eigenvalue weighted by atomic mass is 10.2. The quantitative estimate of drug-likeness (QED) is 0.248. The predicted octanol–water partition coefficient (Wildman–Crippen LogP) is 4.37. The van der Waals surface area contributed by atoms with Crippen molar-refractivity contribution in [2.45, 2.75) is 6.92 Å². The van der Waals surface area contributed by atoms with Crippen LogP contribution in [0.25, 0.3) is 0 Å². The summed E-state index contributed by atoms with van der Waals surface area (Å²) in [6.45, 7) is 2.15. The maximum absolute atomic E-state index is 11.9. The topological polar surface area (TPSA) is 62.7 Å². The van der Waals surface area contributed by atoms with Crippen molar-refractivity contribution in [2.24, 2.45) is 5.10 Å². The van der Waals surface area contributed by atoms with Gasteiger partial charge in [-0.25, -0.2) is 10.2 Å². The number of hydrogen-bond acceptors (Lipinski definition) is 3. The van der Waals surface area contributed by atoms with Crippen molar-refractivity contribution >= 4 is 63.1 Å². The third-order valence-electron chi connectivity index (χ3n) is 3.09. The maximum Gasteiger partial charge on any atom is 0.339 e. The number of halogens is 2. The van der Waals surface area contributed by atoms with Crippen LogP contribution < -0.4 is 15.5 Å². The molecule has 0 aliphatic heterocycles. The van der Waals surface area contributed by atoms with Gasteiger partial charge >= 0.3 is 6.03 Å². The third-order valence-corrected chi connectivity index (χ3v) is 4.70. The number of para-hydroxylation sites is 1. The largest absolute Gasteiger partial charge is 0.479 e. The normalized spacial score (nSPS) is 10.3. The highest BCUT2D eigenvalue weighted by atomic mass is 127. The summed E-state index contributed by atoms with van der Waals surface area (Å²) < 4.78 is 7.36. The molecule has 0 atom stereocenters. The maximum atomic E-state index is 11.9. The molecule has 0 radical (unpaired) electrons. The lowest BCUT2D eigenvalue weighted by Crippen LogP contribution is -2.24. The fourth-order valence-electron chi connectivity index (χ4n) is 1.93. The second-order valence-corrected chi connectivity index (χ2v) is 7.27. The fraction of sp³-hybridized carbons (Fsp3) is 0.111. The first-order valence-corrected chi connectivity index (χ1v) is 9.38. The van der Waals surface area contributed by atoms with E-state index in [1.54, 1.807) is 6.21 Å². The Labute approximate surface area is 173 Å². The van der Waals surface area contributed by atoms with Crippen molar-refractivity contribution < 1.29 is 9.53 Å². The number of nitrogens with one attached hydrogen (secondary N) is 2. The minimum Gasteiger partial charge on any atom is -0.479 e. The van der Waals surface area contributed by atoms with Crippen LogP contribution in [-0.2, 0) is 0 Å². The molecule has 2 N–H and O–H groups in total. The Balaban J connectivity index is 1.99. The number of benzene rings is 2. The zero-order valence-electron chi connectivity index (χ0n) is 13.3. The molecule has 7 heteroatoms. The molecule has 0 spiro atoms. The number of carbonyl (C=O) groups is 1. The van der Waals surface area contributed by atoms with Gasteiger partial charge in [-0.3, -0.25) is 0 Å². The summed E-state index contributed by atoms with van der Waals surface area (Å²) in [6, 6.07) is 10.9. The van der Waals surface area contributed by atoms with Gasteiger partial charge in [0.15, 0.2) is 0 Å². The van der Waals surface area contributed by atoms with Gasteiger partial charge in [-0.2, -0.15) is 5.10 Å². The van der Waals surface area contributed by atoms with Crippen molar-refractivity contribution in [1.29, 1.82) is 0 Å². The molecule has 0 aliphatic carbocycles. The molecule has 0 aromatic heterocycles. The van der Waals surface area contributed by atoms with Crippen LogP contribution in [0, 0.1) is 26.4 Å². The van der Waals surface area contributed by atoms with E-state index < -0.39 is 6.03 Å². The highest BCUT2D eigenvalue weighted by Gasteiger charge is 2.08. The fourth-order valence-corrected chi connectivity index (χ4v) is 4.06. The number of amides is 2. The Morgan fingerprint density at radius 1 is 1.32 bits per heavy atom. The van der Waals surface area contributed by atoms with Crippen LogP contribution in [0.2, 0.25) is 0 Å². The van der Waals surface area contributed by atoms with Crippen LogP contribution in [-0.4, -0.2) is 18.9 Å². The van der Waals surface area contributed by atoms with Crippen LogP contribution >= 0.6 is 45.2 Å². The zero-order valence-corrected chi connectivity index (χ0v) is 17.7. The molecular weight excluding hydrogens is 544 g/mol. The van der Waals surface area contributed by atoms with Crippen molar-refractivity contribution in [3.8, 4) is 18.1 Å². The van der Waals surface area contributed by atoms with E-state index in [1.165, 1.54) is 0 Å². The van der Waals surface area contributed by atoms with Crippen molar-refractivity contribution in [1.82, 2.24) is 5.43 Å². The van der Waals surface area contributed by atoms with E-state index >= 15 is 0 Å². The van der Waals surface area contributed by atoms with Gasteiger partial charge in [-0.15, -0.1) is 6.42 Å². The molecule has 0 saturated heterocycles. The molecule has 2 aromatic carbocycles. The zero-order chi connectivity index (χ0) is 18.2. The molecule has 5 nitrogen and oxygen atoms in total. The van der Waals surface area contributed by atoms with Crippen molar-refractivity contribution in [2.75, 3.05) is 11.9 Å². The second-order valence-electron chi connectivity index (χ2n) is 4.95. The summed E-state index contributed by atoms with van der Waals surface area (Å²) in [5, 5.41) is 6.72. The second kappa shape index (κ2) is 9.62. The van der Waals surface area contributed by atoms with Gasteiger partial charge in [-0.1, -0.05) is 24.1 Å². The molecule has 2 rings (SSSR count). The number of hydrazone groups is 1. The Hall–Kier alpha value is -1.80. The van der Waals surface area contributed by atoms with Crippen LogP contribution in [0.1, 0.15) is 11.1 Å². The van der Waals surface area contributed by atoms with Gasteiger partial charge in [-0.05, 0) is 81.4 Å². The Bertz CT molecular complexity index is 821. The Morgan fingerprint density at radius 2 is 2.00 bits per heavy atom. The van der Waals surface area contributed by atoms with E-state index in [-0.39, 0.29) is 6.61 Å². The number of hydrogen-bond donors (Lipinski definition) is 2. The molecule has 0 fully saturated rings. The number of terminal acetylenes is 1. The number of carbonyl (C=O) groups excluding carboxylic acids is 1. The molecule has 25 heavy (non-hydrogen) atoms. The van der Waals surface area contributed by atoms with Crippen LogP contribution in [0.15, 0.2) is 41.5 Å². The number of ether oxygens (including phenoxy) is 1. The lowest BCUT2D eigenvalue weighted by molar-refractivity contribution is 0.252. The molecular formula is C18H15I2N3O2. The summed E-state index contributed by atoms with van der Waals surface area (Å²) in [7, 11) is 0. The molecule has 2 aromatic rings. The van der Waals surface area contributed by atoms with E-state index in [0.717, 1.165) is 29.7 Å². The molecule has 0 bridgehead atoms. The van der Waals surface area contributed by atoms with E-state index in [2.05, 4.69) is 66.9 Å². The lowest BCUT2D eigenvalue weighted by Gasteiger charge is -2.09. The van der Waals surface area contributed by atoms with Gasteiger partial charge in [0, 0.05) is 5.69 Å². The third kappa shape index (κ3) is 5.89. The van der Waals surface area contributed by atoms with Crippen molar-refractivity contribution in [3.63, 3.8) is 0 Å². The number of nitrogens with zero attached hydrogens (tertiary/aromatic N) is 1. The minimum atomic E-state index is -0.399. The highest BCUT2D eigenvalue weighted by Crippen LogP contribution is 2.28. The Morgan fingerprint density at radius 3 is 2.64 bits per heavy atom. The summed E-state index contributed by atoms with van der Waals surface area (Å²) in [4.78, 5) is 11.9. The number of rotatable bonds is 5. The van der Waals surface area contributed by atoms with Crippen LogP contribution in [0.4, 0.5) is 10.5 Å². The molecule has 0 saturated carbocycles. The molecule has 0 aliphatic rings. The Kier molecular flexibility index (Phi) is 7.52. The van der Waals surface area contributed by atoms with E-state index in [4.69, 9.17) is 11.2 Å². The number of aryl methyl sites for hydroxylation is 1. The van der Waals surface area contributed by atoms with Gasteiger partial charge in [0.25, 0.3) is 0 Å². The van der Waals surface area contributed by atoms with Gasteiger partial charge in [0.2, 0.25) is 0 Å². The highest BCUT2D eigenvalue weighted by molar-refractivity contribution is 14.1. The summed E-state index contributed by atoms with van der Waals surface area (Å²) >= 11 is 4.35. The molecule has 2 amide bonds. The average Bonchev–Trinajstić information content (AvgIpc) is 2.56. The van der Waals surface area contributed by atoms with E-state index in [9.17, 15) is 4.79 Å². The number of urea groups is 1. The van der Waals surface area contributed by atoms with Crippen LogP contribution in [0.5, 0.6) is 5.75 Å². The monoisotopic (exact) mass is 559 g/mol. The van der Waals surface area contributed by atoms with Gasteiger partial charge in [0.1, 0.15) is 12.4 Å². The first-order valence-electron chi connectivity index (χ1n) is 7.22. The smallest absolute Gasteiger partial charge is 0.339 e. The summed E-state index contributed by atoms with van der Waals surface area (Å²) in [5.41, 5.74) is 5.02. The minimum absolute atomic E-state index is 0.222. The molecule has 0 heterocycles. The molecule has 128 valence electrons. The van der Waals surface area contributed by atoms with Crippen molar-refractivity contribution in [3.05, 3.63) is 54.7 Å². The van der Waals surface area contributed by atoms with E-state index in [0.29, 0.717) is 0 Å². The first-order chi connectivity index (χ1) is 12.0. The van der Waals surface area contributed by atoms with E-state index in [1.807, 2.05) is 43.3 Å². The van der Waals surface area contributed by atoms with Crippen LogP contribution in [0.3, 0.4) is 0 Å². The first kappa shape index (κ1) is 19.5. The van der Waals surface area contributed by atoms with Gasteiger partial charge < -0.3 is 10.1 Å². The standard InChI is InChI=1S/C18H15I2N3O2/c1-3-8-25-17-14(19)9-13(10-15(17)20)11-21-23-18(24)22-16-7-5-4-6-12(16)2/h1,4-7,9-11H,8H2,2H3,(H2,22,23,24). The predicted molar refractivity (Wildman–Crippen MR) is 117 cm³/mol. The van der Waals surface area contributed by atoms with Gasteiger partial charge in [0.05, 0.1) is 13.4 Å². The summed E-state index contributed by atoms with van der Waals surface area (Å²) in [6.07, 6.45) is 6.79. The number of anilines is 1. The SMILES string of the molecule is C#CCOc1c(I)cc(C=NNC(=O)Nc2ccccc2C)cc1I. The average molecular weight is 559 g/mol. The molecule has 0 unspecified atom stereocenters.